The molecular weight excluding hydrogens is 328 g/mol. The first-order valence-corrected chi connectivity index (χ1v) is 10.5. The van der Waals surface area contributed by atoms with Crippen molar-refractivity contribution in [3.63, 3.8) is 0 Å². The molecule has 27 heavy (non-hydrogen) atoms. The lowest BCUT2D eigenvalue weighted by molar-refractivity contribution is 0.319. The highest BCUT2D eigenvalue weighted by Crippen LogP contribution is 2.39. The molecular formula is C25H28N2. The van der Waals surface area contributed by atoms with Gasteiger partial charge in [-0.1, -0.05) is 54.8 Å². The van der Waals surface area contributed by atoms with Gasteiger partial charge in [0, 0.05) is 27.5 Å². The first-order valence-electron chi connectivity index (χ1n) is 10.5. The lowest BCUT2D eigenvalue weighted by Gasteiger charge is -2.32. The molecule has 0 radical (unpaired) electrons. The summed E-state index contributed by atoms with van der Waals surface area (Å²) in [4.78, 5) is 5.32. The average Bonchev–Trinajstić information content (AvgIpc) is 3.03. The fourth-order valence-electron chi connectivity index (χ4n) is 5.15. The van der Waals surface area contributed by atoms with E-state index in [4.69, 9.17) is 4.99 Å². The minimum atomic E-state index is 0.398. The van der Waals surface area contributed by atoms with E-state index in [1.54, 1.807) is 0 Å². The molecule has 0 unspecified atom stereocenters. The molecule has 3 aromatic rings. The molecule has 2 aliphatic rings. The molecule has 2 aromatic carbocycles. The molecule has 0 bridgehead atoms. The van der Waals surface area contributed by atoms with Gasteiger partial charge in [0.15, 0.2) is 0 Å². The Labute approximate surface area is 161 Å². The largest absolute Gasteiger partial charge is 0.335 e. The van der Waals surface area contributed by atoms with Crippen LogP contribution < -0.4 is 0 Å². The Bertz CT molecular complexity index is 984. The van der Waals surface area contributed by atoms with Crippen molar-refractivity contribution in [2.45, 2.75) is 64.0 Å². The van der Waals surface area contributed by atoms with Gasteiger partial charge in [0.05, 0.1) is 12.1 Å². The zero-order valence-electron chi connectivity index (χ0n) is 16.2. The van der Waals surface area contributed by atoms with E-state index in [0.717, 1.165) is 6.42 Å². The van der Waals surface area contributed by atoms with E-state index in [2.05, 4.69) is 66.1 Å². The Hall–Kier alpha value is -2.35. The minimum Gasteiger partial charge on any atom is -0.335 e. The number of rotatable bonds is 2. The fourth-order valence-corrected chi connectivity index (χ4v) is 5.15. The van der Waals surface area contributed by atoms with E-state index in [0.29, 0.717) is 12.1 Å². The highest BCUT2D eigenvalue weighted by Gasteiger charge is 2.29. The van der Waals surface area contributed by atoms with Crippen LogP contribution in [0.2, 0.25) is 0 Å². The first-order chi connectivity index (χ1) is 13.3. The first kappa shape index (κ1) is 16.8. The van der Waals surface area contributed by atoms with Crippen LogP contribution in [0.1, 0.15) is 57.9 Å². The van der Waals surface area contributed by atoms with E-state index in [1.807, 2.05) is 0 Å². The molecule has 2 nitrogen and oxygen atoms in total. The van der Waals surface area contributed by atoms with Crippen LogP contribution in [0.15, 0.2) is 65.2 Å². The summed E-state index contributed by atoms with van der Waals surface area (Å²) < 4.78 is 2.61. The summed E-state index contributed by atoms with van der Waals surface area (Å²) in [5, 5.41) is 2.75. The lowest BCUT2D eigenvalue weighted by Crippen LogP contribution is -2.27. The third-order valence-electron chi connectivity index (χ3n) is 6.39. The summed E-state index contributed by atoms with van der Waals surface area (Å²) in [6.45, 7) is 2.25. The van der Waals surface area contributed by atoms with Gasteiger partial charge >= 0.3 is 0 Å². The third-order valence-corrected chi connectivity index (χ3v) is 6.39. The molecule has 0 saturated heterocycles. The molecule has 0 spiro atoms. The number of benzene rings is 2. The summed E-state index contributed by atoms with van der Waals surface area (Å²) in [5.41, 5.74) is 5.55. The number of para-hydroxylation sites is 2. The topological polar surface area (TPSA) is 17.3 Å². The summed E-state index contributed by atoms with van der Waals surface area (Å²) in [6, 6.07) is 18.7. The molecule has 138 valence electrons. The van der Waals surface area contributed by atoms with Crippen molar-refractivity contribution in [2.24, 2.45) is 4.99 Å². The van der Waals surface area contributed by atoms with Crippen LogP contribution in [0.5, 0.6) is 0 Å². The summed E-state index contributed by atoms with van der Waals surface area (Å²) in [7, 11) is 0. The van der Waals surface area contributed by atoms with Gasteiger partial charge in [-0.3, -0.25) is 4.99 Å². The van der Waals surface area contributed by atoms with Gasteiger partial charge in [-0.2, -0.15) is 0 Å². The number of aromatic nitrogens is 1. The van der Waals surface area contributed by atoms with Gasteiger partial charge < -0.3 is 4.57 Å². The van der Waals surface area contributed by atoms with E-state index < -0.39 is 0 Å². The number of nitrogens with zero attached hydrogens (tertiary/aromatic N) is 2. The maximum absolute atomic E-state index is 5.32. The zero-order valence-corrected chi connectivity index (χ0v) is 16.2. The van der Waals surface area contributed by atoms with Crippen molar-refractivity contribution in [1.29, 1.82) is 0 Å². The van der Waals surface area contributed by atoms with E-state index >= 15 is 0 Å². The minimum absolute atomic E-state index is 0.398. The number of hydrogen-bond donors (Lipinski definition) is 0. The number of hydrogen-bond acceptors (Lipinski definition) is 1. The highest BCUT2D eigenvalue weighted by atomic mass is 15.1. The van der Waals surface area contributed by atoms with Crippen molar-refractivity contribution >= 4 is 27.5 Å². The van der Waals surface area contributed by atoms with Crippen LogP contribution in [0, 0.1) is 0 Å². The Kier molecular flexibility index (Phi) is 4.35. The van der Waals surface area contributed by atoms with Gasteiger partial charge in [0.2, 0.25) is 0 Å². The molecule has 2 aliphatic carbocycles. The second-order valence-corrected chi connectivity index (χ2v) is 8.29. The molecule has 0 aliphatic heterocycles. The number of aliphatic imine (C=N–C) groups is 1. The molecule has 1 aromatic heterocycles. The third kappa shape index (κ3) is 3.01. The fraction of sp³-hybridized carbons (Fsp3) is 0.400. The second kappa shape index (κ2) is 6.99. The van der Waals surface area contributed by atoms with E-state index in [-0.39, 0.29) is 0 Å². The van der Waals surface area contributed by atoms with Gasteiger partial charge in [-0.05, 0) is 57.2 Å². The van der Waals surface area contributed by atoms with Crippen molar-refractivity contribution < 1.29 is 0 Å². The average molecular weight is 357 g/mol. The Balaban J connectivity index is 1.65. The van der Waals surface area contributed by atoms with E-state index in [9.17, 15) is 0 Å². The molecule has 0 N–H and O–H groups in total. The zero-order chi connectivity index (χ0) is 18.2. The molecule has 1 fully saturated rings. The van der Waals surface area contributed by atoms with Gasteiger partial charge in [0.1, 0.15) is 0 Å². The Morgan fingerprint density at radius 2 is 1.48 bits per heavy atom. The van der Waals surface area contributed by atoms with Crippen LogP contribution in [-0.2, 0) is 0 Å². The SMILES string of the molecule is CC1=CC(=N[C@H]2CCCC[C@@H]2n2c3ccccc3c3ccccc32)CCC1. The van der Waals surface area contributed by atoms with Crippen molar-refractivity contribution in [2.75, 3.05) is 0 Å². The monoisotopic (exact) mass is 356 g/mol. The van der Waals surface area contributed by atoms with Crippen molar-refractivity contribution in [3.8, 4) is 0 Å². The molecule has 1 heterocycles. The molecule has 2 atom stereocenters. The van der Waals surface area contributed by atoms with Crippen LogP contribution in [0.25, 0.3) is 21.8 Å². The van der Waals surface area contributed by atoms with Crippen molar-refractivity contribution in [3.05, 3.63) is 60.2 Å². The number of allylic oxidation sites excluding steroid dienone is 2. The highest BCUT2D eigenvalue weighted by molar-refractivity contribution is 6.08. The predicted molar refractivity (Wildman–Crippen MR) is 116 cm³/mol. The van der Waals surface area contributed by atoms with Gasteiger partial charge in [-0.15, -0.1) is 0 Å². The maximum Gasteiger partial charge on any atom is 0.0710 e. The second-order valence-electron chi connectivity index (χ2n) is 8.29. The Morgan fingerprint density at radius 3 is 2.19 bits per heavy atom. The summed E-state index contributed by atoms with van der Waals surface area (Å²) >= 11 is 0. The van der Waals surface area contributed by atoms with Crippen LogP contribution in [0.3, 0.4) is 0 Å². The van der Waals surface area contributed by atoms with Crippen LogP contribution in [-0.4, -0.2) is 16.3 Å². The van der Waals surface area contributed by atoms with Gasteiger partial charge in [-0.25, -0.2) is 0 Å². The molecule has 5 rings (SSSR count). The quantitative estimate of drug-likeness (QED) is 0.478. The van der Waals surface area contributed by atoms with Crippen LogP contribution >= 0.6 is 0 Å². The van der Waals surface area contributed by atoms with Crippen molar-refractivity contribution in [1.82, 2.24) is 4.57 Å². The molecule has 2 heteroatoms. The summed E-state index contributed by atoms with van der Waals surface area (Å²) in [5.74, 6) is 0. The van der Waals surface area contributed by atoms with Crippen LogP contribution in [0.4, 0.5) is 0 Å². The van der Waals surface area contributed by atoms with Gasteiger partial charge in [0.25, 0.3) is 0 Å². The smallest absolute Gasteiger partial charge is 0.0710 e. The predicted octanol–water partition coefficient (Wildman–Crippen LogP) is 6.85. The molecule has 0 amide bonds. The standard InChI is InChI=1S/C25H28N2/c1-18-9-8-10-19(17-18)26-22-13-4-7-16-25(22)27-23-14-5-2-11-20(23)21-12-3-6-15-24(21)27/h2-3,5-6,11-12,14-15,17,22,25H,4,7-10,13,16H2,1H3/t22-,25-/m0/s1. The number of fused-ring (bicyclic) bond motifs is 3. The van der Waals surface area contributed by atoms with E-state index in [1.165, 1.54) is 71.6 Å². The molecule has 1 saturated carbocycles. The summed E-state index contributed by atoms with van der Waals surface area (Å²) in [6.07, 6.45) is 11.0. The lowest BCUT2D eigenvalue weighted by atomic mass is 9.89. The normalized spacial score (nSPS) is 25.2. The Morgan fingerprint density at radius 1 is 0.815 bits per heavy atom. The maximum atomic E-state index is 5.32.